The van der Waals surface area contributed by atoms with Crippen molar-refractivity contribution in [3.8, 4) is 0 Å². The number of benzene rings is 1. The molecular formula is C16H18ClFN4O. The SMILES string of the molecule is Cl.O=C(Nc1ccc2c(c1F)CCNC2)c1cc(C2CC2)[nH]n1. The van der Waals surface area contributed by atoms with Gasteiger partial charge >= 0.3 is 0 Å². The van der Waals surface area contributed by atoms with Gasteiger partial charge in [-0.2, -0.15) is 5.10 Å². The van der Waals surface area contributed by atoms with Crippen LogP contribution in [0.25, 0.3) is 0 Å². The van der Waals surface area contributed by atoms with E-state index in [1.807, 2.05) is 6.07 Å². The molecule has 0 spiro atoms. The minimum Gasteiger partial charge on any atom is -0.318 e. The van der Waals surface area contributed by atoms with Crippen molar-refractivity contribution in [2.45, 2.75) is 31.7 Å². The predicted molar refractivity (Wildman–Crippen MR) is 87.6 cm³/mol. The van der Waals surface area contributed by atoms with Crippen LogP contribution in [-0.2, 0) is 13.0 Å². The summed E-state index contributed by atoms with van der Waals surface area (Å²) in [4.78, 5) is 12.2. The van der Waals surface area contributed by atoms with Gasteiger partial charge in [-0.15, -0.1) is 12.4 Å². The molecule has 4 rings (SSSR count). The van der Waals surface area contributed by atoms with E-state index in [2.05, 4.69) is 20.8 Å². The number of carbonyl (C=O) groups excluding carboxylic acids is 1. The molecule has 1 aromatic carbocycles. The van der Waals surface area contributed by atoms with E-state index >= 15 is 0 Å². The van der Waals surface area contributed by atoms with Crippen LogP contribution in [0.1, 0.15) is 46.1 Å². The summed E-state index contributed by atoms with van der Waals surface area (Å²) < 4.78 is 14.5. The van der Waals surface area contributed by atoms with Crippen LogP contribution in [0.4, 0.5) is 10.1 Å². The zero-order valence-electron chi connectivity index (χ0n) is 12.5. The average molecular weight is 337 g/mol. The Labute approximate surface area is 139 Å². The lowest BCUT2D eigenvalue weighted by atomic mass is 9.99. The van der Waals surface area contributed by atoms with Crippen molar-refractivity contribution in [2.75, 3.05) is 11.9 Å². The first-order valence-electron chi connectivity index (χ1n) is 7.60. The second-order valence-corrected chi connectivity index (χ2v) is 5.93. The van der Waals surface area contributed by atoms with Crippen molar-refractivity contribution in [3.05, 3.63) is 46.5 Å². The van der Waals surface area contributed by atoms with Crippen molar-refractivity contribution in [1.82, 2.24) is 15.5 Å². The molecule has 23 heavy (non-hydrogen) atoms. The third-order valence-electron chi connectivity index (χ3n) is 4.30. The van der Waals surface area contributed by atoms with E-state index in [1.54, 1.807) is 12.1 Å². The number of aromatic nitrogens is 2. The largest absolute Gasteiger partial charge is 0.318 e. The molecule has 1 fully saturated rings. The lowest BCUT2D eigenvalue weighted by Crippen LogP contribution is -2.25. The predicted octanol–water partition coefficient (Wildman–Crippen LogP) is 2.75. The third kappa shape index (κ3) is 3.09. The van der Waals surface area contributed by atoms with Gasteiger partial charge in [-0.05, 0) is 49.1 Å². The standard InChI is InChI=1S/C16H17FN4O.ClH/c17-15-11-5-6-18-8-10(11)3-4-12(15)19-16(22)14-7-13(20-21-14)9-1-2-9;/h3-4,7,9,18H,1-2,5-6,8H2,(H,19,22)(H,20,21);1H. The van der Waals surface area contributed by atoms with Crippen LogP contribution in [0.5, 0.6) is 0 Å². The maximum atomic E-state index is 14.5. The van der Waals surface area contributed by atoms with Gasteiger partial charge in [0.25, 0.3) is 5.91 Å². The highest BCUT2D eigenvalue weighted by Gasteiger charge is 2.26. The summed E-state index contributed by atoms with van der Waals surface area (Å²) >= 11 is 0. The molecule has 1 aliphatic carbocycles. The Morgan fingerprint density at radius 3 is 2.96 bits per heavy atom. The minimum atomic E-state index is -0.379. The van der Waals surface area contributed by atoms with Gasteiger partial charge in [0.2, 0.25) is 0 Å². The molecule has 0 saturated heterocycles. The summed E-state index contributed by atoms with van der Waals surface area (Å²) in [5.41, 5.74) is 3.17. The fraction of sp³-hybridized carbons (Fsp3) is 0.375. The topological polar surface area (TPSA) is 69.8 Å². The van der Waals surface area contributed by atoms with Crippen LogP contribution in [0.15, 0.2) is 18.2 Å². The number of nitrogens with zero attached hydrogens (tertiary/aromatic N) is 1. The number of nitrogens with one attached hydrogen (secondary N) is 3. The first-order valence-corrected chi connectivity index (χ1v) is 7.60. The molecular weight excluding hydrogens is 319 g/mol. The second kappa shape index (κ2) is 6.29. The van der Waals surface area contributed by atoms with Crippen LogP contribution in [0.3, 0.4) is 0 Å². The molecule has 5 nitrogen and oxygen atoms in total. The number of hydrogen-bond acceptors (Lipinski definition) is 3. The number of rotatable bonds is 3. The van der Waals surface area contributed by atoms with E-state index in [1.165, 1.54) is 0 Å². The molecule has 7 heteroatoms. The smallest absolute Gasteiger partial charge is 0.276 e. The van der Waals surface area contributed by atoms with Crippen LogP contribution in [-0.4, -0.2) is 22.6 Å². The van der Waals surface area contributed by atoms with Gasteiger partial charge in [0, 0.05) is 18.2 Å². The first-order chi connectivity index (χ1) is 10.7. The summed E-state index contributed by atoms with van der Waals surface area (Å²) in [7, 11) is 0. The highest BCUT2D eigenvalue weighted by Crippen LogP contribution is 2.39. The molecule has 0 bridgehead atoms. The van der Waals surface area contributed by atoms with Crippen LogP contribution in [0, 0.1) is 5.82 Å². The molecule has 2 aliphatic rings. The highest BCUT2D eigenvalue weighted by molar-refractivity contribution is 6.03. The summed E-state index contributed by atoms with van der Waals surface area (Å²) in [6.07, 6.45) is 2.91. The highest BCUT2D eigenvalue weighted by atomic mass is 35.5. The Hall–Kier alpha value is -1.92. The van der Waals surface area contributed by atoms with E-state index in [9.17, 15) is 9.18 Å². The molecule has 2 aromatic rings. The average Bonchev–Trinajstić information content (AvgIpc) is 3.27. The maximum absolute atomic E-state index is 14.5. The Balaban J connectivity index is 0.00000156. The van der Waals surface area contributed by atoms with Gasteiger partial charge in [-0.1, -0.05) is 6.07 Å². The minimum absolute atomic E-state index is 0. The van der Waals surface area contributed by atoms with E-state index in [-0.39, 0.29) is 29.8 Å². The molecule has 1 aliphatic heterocycles. The van der Waals surface area contributed by atoms with Gasteiger partial charge in [0.1, 0.15) is 5.82 Å². The normalized spacial score (nSPS) is 16.4. The third-order valence-corrected chi connectivity index (χ3v) is 4.30. The fourth-order valence-electron chi connectivity index (χ4n) is 2.87. The Morgan fingerprint density at radius 1 is 1.35 bits per heavy atom. The van der Waals surface area contributed by atoms with E-state index in [0.29, 0.717) is 30.1 Å². The number of hydrogen-bond donors (Lipinski definition) is 3. The molecule has 122 valence electrons. The van der Waals surface area contributed by atoms with Gasteiger partial charge in [0.15, 0.2) is 5.69 Å². The Bertz CT molecular complexity index is 742. The molecule has 1 saturated carbocycles. The number of anilines is 1. The van der Waals surface area contributed by atoms with Crippen LogP contribution in [0.2, 0.25) is 0 Å². The van der Waals surface area contributed by atoms with Crippen molar-refractivity contribution >= 4 is 24.0 Å². The monoisotopic (exact) mass is 336 g/mol. The zero-order chi connectivity index (χ0) is 15.1. The van der Waals surface area contributed by atoms with E-state index in [0.717, 1.165) is 30.6 Å². The van der Waals surface area contributed by atoms with Crippen LogP contribution < -0.4 is 10.6 Å². The Kier molecular flexibility index (Phi) is 4.37. The number of fused-ring (bicyclic) bond motifs is 1. The molecule has 0 unspecified atom stereocenters. The van der Waals surface area contributed by atoms with Gasteiger partial charge in [0.05, 0.1) is 5.69 Å². The summed E-state index contributed by atoms with van der Waals surface area (Å²) in [6.45, 7) is 1.43. The molecule has 3 N–H and O–H groups in total. The quantitative estimate of drug-likeness (QED) is 0.807. The van der Waals surface area contributed by atoms with Crippen molar-refractivity contribution in [3.63, 3.8) is 0 Å². The van der Waals surface area contributed by atoms with Crippen molar-refractivity contribution in [1.29, 1.82) is 0 Å². The number of halogens is 2. The Morgan fingerprint density at radius 2 is 2.17 bits per heavy atom. The van der Waals surface area contributed by atoms with Gasteiger partial charge in [-0.25, -0.2) is 4.39 Å². The van der Waals surface area contributed by atoms with Crippen molar-refractivity contribution < 1.29 is 9.18 Å². The van der Waals surface area contributed by atoms with Gasteiger partial charge in [-0.3, -0.25) is 9.89 Å². The number of carbonyl (C=O) groups is 1. The number of H-pyrrole nitrogens is 1. The lowest BCUT2D eigenvalue weighted by Gasteiger charge is -2.19. The van der Waals surface area contributed by atoms with Gasteiger partial charge < -0.3 is 10.6 Å². The molecule has 2 heterocycles. The van der Waals surface area contributed by atoms with Crippen molar-refractivity contribution in [2.24, 2.45) is 0 Å². The summed E-state index contributed by atoms with van der Waals surface area (Å²) in [5, 5.41) is 12.7. The molecule has 1 aromatic heterocycles. The van der Waals surface area contributed by atoms with E-state index < -0.39 is 0 Å². The number of aromatic amines is 1. The van der Waals surface area contributed by atoms with E-state index in [4.69, 9.17) is 0 Å². The molecule has 0 radical (unpaired) electrons. The first kappa shape index (κ1) is 16.0. The number of amides is 1. The fourth-order valence-corrected chi connectivity index (χ4v) is 2.87. The summed E-state index contributed by atoms with van der Waals surface area (Å²) in [6, 6.07) is 5.24. The second-order valence-electron chi connectivity index (χ2n) is 5.93. The zero-order valence-corrected chi connectivity index (χ0v) is 13.3. The lowest BCUT2D eigenvalue weighted by molar-refractivity contribution is 0.102. The molecule has 1 amide bonds. The maximum Gasteiger partial charge on any atom is 0.276 e. The summed E-state index contributed by atoms with van der Waals surface area (Å²) in [5.74, 6) is -0.205. The molecule has 0 atom stereocenters. The van der Waals surface area contributed by atoms with Crippen LogP contribution >= 0.6 is 12.4 Å².